The molecule has 2 aromatic rings. The smallest absolute Gasteiger partial charge is 0.307 e. The maximum Gasteiger partial charge on any atom is 0.307 e. The molecule has 3 rings (SSSR count). The molecule has 29 heavy (non-hydrogen) atoms. The van der Waals surface area contributed by atoms with Crippen LogP contribution >= 0.6 is 11.3 Å². The highest BCUT2D eigenvalue weighted by atomic mass is 32.1. The SMILES string of the molecule is CCc1ccc(-c2c(C)sc(NC(=O)[C@@H]3CCCC[C@@H]3C(=O)O)c2C(N)=O)cc1. The largest absolute Gasteiger partial charge is 0.481 e. The van der Waals surface area contributed by atoms with E-state index in [1.165, 1.54) is 16.9 Å². The molecular weight excluding hydrogens is 388 g/mol. The molecule has 0 radical (unpaired) electrons. The maximum atomic E-state index is 12.9. The van der Waals surface area contributed by atoms with Gasteiger partial charge in [0, 0.05) is 10.4 Å². The fourth-order valence-electron chi connectivity index (χ4n) is 4.07. The molecule has 1 aromatic heterocycles. The molecule has 0 unspecified atom stereocenters. The lowest BCUT2D eigenvalue weighted by Crippen LogP contribution is -2.36. The topological polar surface area (TPSA) is 109 Å². The summed E-state index contributed by atoms with van der Waals surface area (Å²) in [5, 5.41) is 12.7. The number of anilines is 1. The molecule has 0 spiro atoms. The summed E-state index contributed by atoms with van der Waals surface area (Å²) in [6.45, 7) is 3.96. The van der Waals surface area contributed by atoms with E-state index in [9.17, 15) is 19.5 Å². The third-order valence-electron chi connectivity index (χ3n) is 5.64. The molecule has 6 nitrogen and oxygen atoms in total. The zero-order valence-corrected chi connectivity index (χ0v) is 17.5. The average Bonchev–Trinajstić information content (AvgIpc) is 3.03. The van der Waals surface area contributed by atoms with Crippen LogP contribution in [0.3, 0.4) is 0 Å². The van der Waals surface area contributed by atoms with Gasteiger partial charge >= 0.3 is 5.97 Å². The summed E-state index contributed by atoms with van der Waals surface area (Å²) < 4.78 is 0. The molecule has 2 amide bonds. The van der Waals surface area contributed by atoms with Crippen molar-refractivity contribution < 1.29 is 19.5 Å². The molecule has 4 N–H and O–H groups in total. The molecule has 1 aliphatic carbocycles. The van der Waals surface area contributed by atoms with Crippen molar-refractivity contribution in [1.82, 2.24) is 0 Å². The lowest BCUT2D eigenvalue weighted by Gasteiger charge is -2.27. The van der Waals surface area contributed by atoms with E-state index in [1.54, 1.807) is 0 Å². The quantitative estimate of drug-likeness (QED) is 0.657. The summed E-state index contributed by atoms with van der Waals surface area (Å²) in [5.74, 6) is -3.20. The van der Waals surface area contributed by atoms with Crippen molar-refractivity contribution in [3.63, 3.8) is 0 Å². The van der Waals surface area contributed by atoms with Gasteiger partial charge in [-0.25, -0.2) is 0 Å². The number of benzene rings is 1. The van der Waals surface area contributed by atoms with Crippen molar-refractivity contribution in [1.29, 1.82) is 0 Å². The second-order valence-electron chi connectivity index (χ2n) is 7.48. The Kier molecular flexibility index (Phi) is 6.37. The summed E-state index contributed by atoms with van der Waals surface area (Å²) in [6.07, 6.45) is 3.57. The van der Waals surface area contributed by atoms with Crippen LogP contribution in [-0.2, 0) is 16.0 Å². The van der Waals surface area contributed by atoms with Gasteiger partial charge in [-0.05, 0) is 37.3 Å². The second kappa shape index (κ2) is 8.78. The van der Waals surface area contributed by atoms with E-state index in [0.717, 1.165) is 35.3 Å². The first-order valence-electron chi connectivity index (χ1n) is 9.89. The van der Waals surface area contributed by atoms with Gasteiger partial charge in [0.05, 0.1) is 17.4 Å². The molecule has 0 aliphatic heterocycles. The van der Waals surface area contributed by atoms with E-state index < -0.39 is 23.7 Å². The van der Waals surface area contributed by atoms with Gasteiger partial charge in [0.25, 0.3) is 5.91 Å². The number of rotatable bonds is 6. The molecule has 1 aromatic carbocycles. The average molecular weight is 415 g/mol. The van der Waals surface area contributed by atoms with Crippen molar-refractivity contribution in [2.45, 2.75) is 46.0 Å². The molecule has 1 fully saturated rings. The number of carbonyl (C=O) groups is 3. The van der Waals surface area contributed by atoms with Gasteiger partial charge in [-0.1, -0.05) is 44.0 Å². The zero-order valence-electron chi connectivity index (χ0n) is 16.7. The van der Waals surface area contributed by atoms with Crippen LogP contribution in [0.15, 0.2) is 24.3 Å². The van der Waals surface area contributed by atoms with Crippen LogP contribution in [0.4, 0.5) is 5.00 Å². The summed E-state index contributed by atoms with van der Waals surface area (Å²) in [4.78, 5) is 37.6. The van der Waals surface area contributed by atoms with E-state index in [4.69, 9.17) is 5.73 Å². The van der Waals surface area contributed by atoms with Gasteiger partial charge in [-0.3, -0.25) is 14.4 Å². The van der Waals surface area contributed by atoms with Gasteiger partial charge in [0.2, 0.25) is 5.91 Å². The van der Waals surface area contributed by atoms with Crippen LogP contribution in [0.1, 0.15) is 53.4 Å². The van der Waals surface area contributed by atoms with Gasteiger partial charge in [-0.15, -0.1) is 11.3 Å². The minimum atomic E-state index is -0.945. The monoisotopic (exact) mass is 414 g/mol. The zero-order chi connectivity index (χ0) is 21.1. The lowest BCUT2D eigenvalue weighted by atomic mass is 9.78. The van der Waals surface area contributed by atoms with Crippen LogP contribution in [0.2, 0.25) is 0 Å². The van der Waals surface area contributed by atoms with E-state index >= 15 is 0 Å². The highest BCUT2D eigenvalue weighted by Crippen LogP contribution is 2.41. The summed E-state index contributed by atoms with van der Waals surface area (Å²) in [5.41, 5.74) is 8.74. The molecule has 7 heteroatoms. The fraction of sp³-hybridized carbons (Fsp3) is 0.409. The van der Waals surface area contributed by atoms with Crippen molar-refractivity contribution in [2.75, 3.05) is 5.32 Å². The molecule has 154 valence electrons. The molecule has 2 atom stereocenters. The maximum absolute atomic E-state index is 12.9. The van der Waals surface area contributed by atoms with E-state index in [-0.39, 0.29) is 11.5 Å². The third-order valence-corrected chi connectivity index (χ3v) is 6.66. The van der Waals surface area contributed by atoms with Crippen molar-refractivity contribution in [2.24, 2.45) is 17.6 Å². The Morgan fingerprint density at radius 2 is 1.76 bits per heavy atom. The molecule has 1 saturated carbocycles. The molecule has 1 heterocycles. The van der Waals surface area contributed by atoms with Crippen LogP contribution < -0.4 is 11.1 Å². The first-order chi connectivity index (χ1) is 13.8. The number of carbonyl (C=O) groups excluding carboxylic acids is 2. The van der Waals surface area contributed by atoms with Crippen LogP contribution in [0, 0.1) is 18.8 Å². The van der Waals surface area contributed by atoms with E-state index in [1.807, 2.05) is 31.2 Å². The normalized spacial score (nSPS) is 19.0. The second-order valence-corrected chi connectivity index (χ2v) is 8.70. The number of thiophene rings is 1. The Morgan fingerprint density at radius 3 is 2.31 bits per heavy atom. The van der Waals surface area contributed by atoms with Crippen molar-refractivity contribution >= 4 is 34.1 Å². The predicted molar refractivity (Wildman–Crippen MR) is 114 cm³/mol. The Bertz CT molecular complexity index is 933. The third kappa shape index (κ3) is 4.34. The fourth-order valence-corrected chi connectivity index (χ4v) is 5.15. The van der Waals surface area contributed by atoms with Crippen molar-refractivity contribution in [3.05, 3.63) is 40.3 Å². The van der Waals surface area contributed by atoms with Gasteiger partial charge in [0.15, 0.2) is 0 Å². The highest BCUT2D eigenvalue weighted by molar-refractivity contribution is 7.17. The summed E-state index contributed by atoms with van der Waals surface area (Å²) in [6, 6.07) is 7.92. The van der Waals surface area contributed by atoms with Crippen LogP contribution in [-0.4, -0.2) is 22.9 Å². The number of nitrogens with two attached hydrogens (primary N) is 1. The first kappa shape index (κ1) is 21.0. The Balaban J connectivity index is 1.94. The van der Waals surface area contributed by atoms with E-state index in [2.05, 4.69) is 12.2 Å². The van der Waals surface area contributed by atoms with Crippen LogP contribution in [0.25, 0.3) is 11.1 Å². The predicted octanol–water partition coefficient (Wildman–Crippen LogP) is 4.21. The minimum Gasteiger partial charge on any atom is -0.481 e. The Morgan fingerprint density at radius 1 is 1.14 bits per heavy atom. The Labute approximate surface area is 174 Å². The highest BCUT2D eigenvalue weighted by Gasteiger charge is 2.36. The van der Waals surface area contributed by atoms with Gasteiger partial charge in [-0.2, -0.15) is 0 Å². The number of primary amides is 1. The summed E-state index contributed by atoms with van der Waals surface area (Å²) >= 11 is 1.30. The molecule has 0 saturated heterocycles. The number of nitrogens with one attached hydrogen (secondary N) is 1. The number of aliphatic carboxylic acids is 1. The number of hydrogen-bond donors (Lipinski definition) is 3. The molecular formula is C22H26N2O4S. The molecule has 1 aliphatic rings. The number of carboxylic acids is 1. The first-order valence-corrected chi connectivity index (χ1v) is 10.7. The van der Waals surface area contributed by atoms with E-state index in [0.29, 0.717) is 17.8 Å². The van der Waals surface area contributed by atoms with Gasteiger partial charge in [0.1, 0.15) is 5.00 Å². The lowest BCUT2D eigenvalue weighted by molar-refractivity contribution is -0.147. The number of amides is 2. The number of aryl methyl sites for hydroxylation is 2. The minimum absolute atomic E-state index is 0.285. The number of carboxylic acid groups (broad SMARTS) is 1. The summed E-state index contributed by atoms with van der Waals surface area (Å²) in [7, 11) is 0. The van der Waals surface area contributed by atoms with Crippen LogP contribution in [0.5, 0.6) is 0 Å². The van der Waals surface area contributed by atoms with Gasteiger partial charge < -0.3 is 16.2 Å². The number of hydrogen-bond acceptors (Lipinski definition) is 4. The Hall–Kier alpha value is -2.67. The standard InChI is InChI=1S/C22H26N2O4S/c1-3-13-8-10-14(11-9-13)17-12(2)29-21(18(17)19(23)25)24-20(26)15-6-4-5-7-16(15)22(27)28/h8-11,15-16H,3-7H2,1-2H3,(H2,23,25)(H,24,26)(H,27,28)/t15-,16+/m1/s1. The van der Waals surface area contributed by atoms with Crippen molar-refractivity contribution in [3.8, 4) is 11.1 Å². The molecule has 0 bridgehead atoms.